The molecule has 0 bridgehead atoms. The molecule has 2 unspecified atom stereocenters. The van der Waals surface area contributed by atoms with Gasteiger partial charge in [0, 0.05) is 13.2 Å². The van der Waals surface area contributed by atoms with Crippen LogP contribution in [0.3, 0.4) is 0 Å². The fourth-order valence-corrected chi connectivity index (χ4v) is 5.21. The van der Waals surface area contributed by atoms with Gasteiger partial charge in [-0.3, -0.25) is 4.79 Å². The Morgan fingerprint density at radius 2 is 2.09 bits per heavy atom. The van der Waals surface area contributed by atoms with Crippen LogP contribution in [0.5, 0.6) is 5.88 Å². The van der Waals surface area contributed by atoms with E-state index in [-0.39, 0.29) is 29.2 Å². The minimum Gasteiger partial charge on any atom is -0.475 e. The number of aryl methyl sites for hydroxylation is 1. The first-order chi connectivity index (χ1) is 16.1. The summed E-state index contributed by atoms with van der Waals surface area (Å²) in [5.41, 5.74) is 2.77. The average Bonchev–Trinajstić information content (AvgIpc) is 3.22. The SMILES string of the molecule is COC1COc2cc(S(=O)(=O)NC(=O)Cc3c(C)cc(-c4ccc(Cl)c(F)c4)cc3P)nn2C1. The largest absolute Gasteiger partial charge is 0.475 e. The number of hydrogen-bond donors (Lipinski definition) is 1. The van der Waals surface area contributed by atoms with E-state index >= 15 is 0 Å². The summed E-state index contributed by atoms with van der Waals surface area (Å²) in [5.74, 6) is -0.947. The van der Waals surface area contributed by atoms with Crippen molar-refractivity contribution in [1.82, 2.24) is 14.5 Å². The van der Waals surface area contributed by atoms with Crippen molar-refractivity contribution < 1.29 is 27.1 Å². The van der Waals surface area contributed by atoms with E-state index in [1.165, 1.54) is 30.0 Å². The Bertz CT molecular complexity index is 1360. The molecule has 1 aromatic heterocycles. The number of hydrogen-bond acceptors (Lipinski definition) is 6. The maximum Gasteiger partial charge on any atom is 0.283 e. The molecule has 1 aliphatic heterocycles. The van der Waals surface area contributed by atoms with E-state index in [0.29, 0.717) is 28.9 Å². The Morgan fingerprint density at radius 1 is 1.32 bits per heavy atom. The number of methoxy groups -OCH3 is 1. The molecule has 0 saturated carbocycles. The third-order valence-corrected chi connectivity index (χ3v) is 7.54. The van der Waals surface area contributed by atoms with Crippen LogP contribution < -0.4 is 14.8 Å². The number of amides is 1. The summed E-state index contributed by atoms with van der Waals surface area (Å²) in [4.78, 5) is 12.6. The van der Waals surface area contributed by atoms with E-state index < -0.39 is 21.7 Å². The maximum absolute atomic E-state index is 13.9. The highest BCUT2D eigenvalue weighted by atomic mass is 35.5. The van der Waals surface area contributed by atoms with Crippen LogP contribution >= 0.6 is 20.8 Å². The monoisotopic (exact) mass is 525 g/mol. The molecule has 1 aliphatic rings. The number of halogens is 2. The van der Waals surface area contributed by atoms with Crippen molar-refractivity contribution in [2.45, 2.75) is 31.0 Å². The summed E-state index contributed by atoms with van der Waals surface area (Å²) in [6.07, 6.45) is -0.414. The quantitative estimate of drug-likeness (QED) is 0.497. The van der Waals surface area contributed by atoms with Crippen molar-refractivity contribution in [1.29, 1.82) is 0 Å². The Morgan fingerprint density at radius 3 is 2.76 bits per heavy atom. The third-order valence-electron chi connectivity index (χ3n) is 5.47. The zero-order valence-corrected chi connectivity index (χ0v) is 21.1. The normalized spacial score (nSPS) is 15.5. The molecule has 180 valence electrons. The van der Waals surface area contributed by atoms with Crippen molar-refractivity contribution in [3.05, 3.63) is 58.4 Å². The number of fused-ring (bicyclic) bond motifs is 1. The average molecular weight is 526 g/mol. The number of nitrogens with zero attached hydrogens (tertiary/aromatic N) is 2. The van der Waals surface area contributed by atoms with Gasteiger partial charge >= 0.3 is 0 Å². The second-order valence-electron chi connectivity index (χ2n) is 7.87. The minimum atomic E-state index is -4.20. The Kier molecular flexibility index (Phi) is 6.96. The molecule has 3 aromatic rings. The molecule has 0 spiro atoms. The van der Waals surface area contributed by atoms with Gasteiger partial charge in [-0.1, -0.05) is 23.7 Å². The molecule has 8 nitrogen and oxygen atoms in total. The Hall–Kier alpha value is -2.52. The van der Waals surface area contributed by atoms with Gasteiger partial charge in [-0.15, -0.1) is 9.24 Å². The number of nitrogens with one attached hydrogen (secondary N) is 1. The molecule has 34 heavy (non-hydrogen) atoms. The smallest absolute Gasteiger partial charge is 0.283 e. The van der Waals surface area contributed by atoms with Crippen LogP contribution in [0.25, 0.3) is 11.1 Å². The van der Waals surface area contributed by atoms with Crippen molar-refractivity contribution in [3.8, 4) is 17.0 Å². The van der Waals surface area contributed by atoms with Gasteiger partial charge in [-0.2, -0.15) is 13.5 Å². The first-order valence-corrected chi connectivity index (χ1v) is 12.6. The summed E-state index contributed by atoms with van der Waals surface area (Å²) in [6, 6.07) is 9.37. The number of aromatic nitrogens is 2. The predicted molar refractivity (Wildman–Crippen MR) is 128 cm³/mol. The lowest BCUT2D eigenvalue weighted by Gasteiger charge is -2.22. The third kappa shape index (κ3) is 5.10. The molecular weight excluding hydrogens is 504 g/mol. The van der Waals surface area contributed by atoms with Crippen molar-refractivity contribution in [2.24, 2.45) is 0 Å². The molecule has 0 saturated heterocycles. The highest BCUT2D eigenvalue weighted by molar-refractivity contribution is 7.90. The van der Waals surface area contributed by atoms with Gasteiger partial charge in [-0.05, 0) is 52.7 Å². The van der Waals surface area contributed by atoms with Crippen LogP contribution in [0.1, 0.15) is 11.1 Å². The van der Waals surface area contributed by atoms with Crippen LogP contribution in [-0.4, -0.2) is 43.9 Å². The van der Waals surface area contributed by atoms with Gasteiger partial charge in [0.25, 0.3) is 10.0 Å². The van der Waals surface area contributed by atoms with E-state index in [0.717, 1.165) is 11.1 Å². The minimum absolute atomic E-state index is 0.0321. The molecule has 1 N–H and O–H groups in total. The Labute approximate surface area is 203 Å². The number of benzene rings is 2. The molecule has 4 rings (SSSR count). The maximum atomic E-state index is 13.9. The zero-order chi connectivity index (χ0) is 24.6. The number of carbonyl (C=O) groups is 1. The second kappa shape index (κ2) is 9.62. The second-order valence-corrected chi connectivity index (χ2v) is 10.5. The lowest BCUT2D eigenvalue weighted by Crippen LogP contribution is -2.33. The summed E-state index contributed by atoms with van der Waals surface area (Å²) in [5, 5.41) is 4.45. The van der Waals surface area contributed by atoms with Gasteiger partial charge in [0.05, 0.1) is 18.0 Å². The summed E-state index contributed by atoms with van der Waals surface area (Å²) in [6.45, 7) is 2.42. The van der Waals surface area contributed by atoms with Gasteiger partial charge in [0.15, 0.2) is 0 Å². The number of ether oxygens (including phenoxy) is 2. The van der Waals surface area contributed by atoms with Crippen molar-refractivity contribution >= 4 is 42.1 Å². The van der Waals surface area contributed by atoms with E-state index in [1.54, 1.807) is 25.1 Å². The molecule has 2 atom stereocenters. The van der Waals surface area contributed by atoms with Crippen LogP contribution in [0, 0.1) is 12.7 Å². The molecule has 0 fully saturated rings. The summed E-state index contributed by atoms with van der Waals surface area (Å²) < 4.78 is 53.4. The topological polar surface area (TPSA) is 99.5 Å². The van der Waals surface area contributed by atoms with Crippen molar-refractivity contribution in [2.75, 3.05) is 13.7 Å². The van der Waals surface area contributed by atoms with Gasteiger partial charge in [0.1, 0.15) is 18.5 Å². The molecule has 2 aromatic carbocycles. The van der Waals surface area contributed by atoms with Crippen LogP contribution in [-0.2, 0) is 32.5 Å². The molecule has 0 radical (unpaired) electrons. The lowest BCUT2D eigenvalue weighted by molar-refractivity contribution is -0.118. The molecular formula is C22H22ClFN3O5PS. The number of sulfonamides is 1. The van der Waals surface area contributed by atoms with Crippen LogP contribution in [0.15, 0.2) is 41.4 Å². The van der Waals surface area contributed by atoms with E-state index in [1.807, 2.05) is 0 Å². The van der Waals surface area contributed by atoms with Crippen LogP contribution in [0.2, 0.25) is 5.02 Å². The van der Waals surface area contributed by atoms with Crippen molar-refractivity contribution in [3.63, 3.8) is 0 Å². The summed E-state index contributed by atoms with van der Waals surface area (Å²) >= 11 is 5.76. The van der Waals surface area contributed by atoms with Gasteiger partial charge in [-0.25, -0.2) is 13.8 Å². The molecule has 12 heteroatoms. The Balaban J connectivity index is 1.50. The highest BCUT2D eigenvalue weighted by Gasteiger charge is 2.28. The first kappa shape index (κ1) is 24.6. The van der Waals surface area contributed by atoms with Gasteiger partial charge in [0.2, 0.25) is 16.8 Å². The molecule has 1 amide bonds. The number of carbonyl (C=O) groups excluding carboxylic acids is 1. The van der Waals surface area contributed by atoms with E-state index in [9.17, 15) is 17.6 Å². The first-order valence-electron chi connectivity index (χ1n) is 10.2. The summed E-state index contributed by atoms with van der Waals surface area (Å²) in [7, 11) is -0.131. The lowest BCUT2D eigenvalue weighted by atomic mass is 9.98. The fourth-order valence-electron chi connectivity index (χ4n) is 3.65. The highest BCUT2D eigenvalue weighted by Crippen LogP contribution is 2.27. The van der Waals surface area contributed by atoms with E-state index in [4.69, 9.17) is 21.1 Å². The molecule has 0 aliphatic carbocycles. The zero-order valence-electron chi connectivity index (χ0n) is 18.3. The van der Waals surface area contributed by atoms with Crippen LogP contribution in [0.4, 0.5) is 4.39 Å². The molecule has 2 heterocycles. The van der Waals surface area contributed by atoms with Gasteiger partial charge < -0.3 is 9.47 Å². The van der Waals surface area contributed by atoms with E-state index in [2.05, 4.69) is 19.1 Å². The predicted octanol–water partition coefficient (Wildman–Crippen LogP) is 2.61. The number of rotatable bonds is 6. The fraction of sp³-hybridized carbons (Fsp3) is 0.273. The standard InChI is InChI=1S/C22H22ClFN3O5PS/c1-12-5-14(13-3-4-17(23)18(24)6-13)7-19(33)16(12)8-20(28)26-34(29,30)21-9-22-27(25-21)10-15(31-2)11-32-22/h3-7,9,15H,8,10-11,33H2,1-2H3,(H,26,28).